The van der Waals surface area contributed by atoms with E-state index >= 15 is 0 Å². The zero-order chi connectivity index (χ0) is 13.3. The Labute approximate surface area is 108 Å². The molecule has 1 heterocycles. The Morgan fingerprint density at radius 2 is 1.89 bits per heavy atom. The number of aryl methyl sites for hydroxylation is 2. The summed E-state index contributed by atoms with van der Waals surface area (Å²) in [6.07, 6.45) is 0. The average Bonchev–Trinajstić information content (AvgIpc) is 2.57. The number of carboxylic acids is 1. The third kappa shape index (κ3) is 2.91. The standard InChI is InChI=1S/C15H21NO2/c1-10-4-11(2)6-13(5-10)8-16-7-12(3)14(9-16)15(17)18/h4-6,12,14H,7-9H2,1-3H3,(H,17,18). The van der Waals surface area contributed by atoms with E-state index in [4.69, 9.17) is 5.11 Å². The molecule has 3 nitrogen and oxygen atoms in total. The van der Waals surface area contributed by atoms with Crippen LogP contribution in [0.2, 0.25) is 0 Å². The Morgan fingerprint density at radius 3 is 2.39 bits per heavy atom. The van der Waals surface area contributed by atoms with Gasteiger partial charge in [0.15, 0.2) is 0 Å². The van der Waals surface area contributed by atoms with E-state index < -0.39 is 5.97 Å². The number of benzene rings is 1. The molecule has 1 aromatic carbocycles. The van der Waals surface area contributed by atoms with Crippen LogP contribution in [-0.4, -0.2) is 29.1 Å². The first-order valence-corrected chi connectivity index (χ1v) is 6.48. The van der Waals surface area contributed by atoms with Crippen LogP contribution in [0.3, 0.4) is 0 Å². The van der Waals surface area contributed by atoms with Crippen LogP contribution in [0.1, 0.15) is 23.6 Å². The van der Waals surface area contributed by atoms with E-state index in [2.05, 4.69) is 36.9 Å². The molecule has 2 atom stereocenters. The number of hydrogen-bond donors (Lipinski definition) is 1. The van der Waals surface area contributed by atoms with Crippen molar-refractivity contribution in [2.24, 2.45) is 11.8 Å². The van der Waals surface area contributed by atoms with Crippen LogP contribution in [-0.2, 0) is 11.3 Å². The highest BCUT2D eigenvalue weighted by molar-refractivity contribution is 5.71. The molecule has 0 amide bonds. The fourth-order valence-electron chi connectivity index (χ4n) is 2.94. The summed E-state index contributed by atoms with van der Waals surface area (Å²) < 4.78 is 0. The minimum atomic E-state index is -0.662. The molecule has 1 aliphatic rings. The second-order valence-electron chi connectivity index (χ2n) is 5.61. The molecule has 0 bridgehead atoms. The molecule has 0 saturated carbocycles. The highest BCUT2D eigenvalue weighted by Gasteiger charge is 2.34. The number of aliphatic carboxylic acids is 1. The summed E-state index contributed by atoms with van der Waals surface area (Å²) in [6, 6.07) is 6.54. The second-order valence-corrected chi connectivity index (χ2v) is 5.61. The summed E-state index contributed by atoms with van der Waals surface area (Å²) in [7, 11) is 0. The van der Waals surface area contributed by atoms with Gasteiger partial charge in [0.05, 0.1) is 5.92 Å². The van der Waals surface area contributed by atoms with Gasteiger partial charge in [-0.3, -0.25) is 9.69 Å². The molecule has 1 saturated heterocycles. The maximum atomic E-state index is 11.1. The number of carboxylic acid groups (broad SMARTS) is 1. The Kier molecular flexibility index (Phi) is 3.71. The molecule has 1 N–H and O–H groups in total. The molecule has 18 heavy (non-hydrogen) atoms. The molecule has 98 valence electrons. The van der Waals surface area contributed by atoms with Crippen molar-refractivity contribution in [2.75, 3.05) is 13.1 Å². The van der Waals surface area contributed by atoms with Gasteiger partial charge in [-0.25, -0.2) is 0 Å². The quantitative estimate of drug-likeness (QED) is 0.892. The van der Waals surface area contributed by atoms with Gasteiger partial charge in [-0.2, -0.15) is 0 Å². The van der Waals surface area contributed by atoms with Crippen molar-refractivity contribution in [3.63, 3.8) is 0 Å². The summed E-state index contributed by atoms with van der Waals surface area (Å²) >= 11 is 0. The Morgan fingerprint density at radius 1 is 1.28 bits per heavy atom. The van der Waals surface area contributed by atoms with Gasteiger partial charge in [0.2, 0.25) is 0 Å². The van der Waals surface area contributed by atoms with Crippen LogP contribution in [0.4, 0.5) is 0 Å². The maximum Gasteiger partial charge on any atom is 0.308 e. The van der Waals surface area contributed by atoms with Crippen LogP contribution >= 0.6 is 0 Å². The second kappa shape index (κ2) is 5.11. The molecule has 1 fully saturated rings. The van der Waals surface area contributed by atoms with E-state index in [-0.39, 0.29) is 11.8 Å². The lowest BCUT2D eigenvalue weighted by atomic mass is 9.99. The Hall–Kier alpha value is -1.35. The van der Waals surface area contributed by atoms with Crippen LogP contribution in [0.15, 0.2) is 18.2 Å². The van der Waals surface area contributed by atoms with Gasteiger partial charge >= 0.3 is 5.97 Å². The van der Waals surface area contributed by atoms with Crippen molar-refractivity contribution in [2.45, 2.75) is 27.3 Å². The summed E-state index contributed by atoms with van der Waals surface area (Å²) in [6.45, 7) is 8.64. The molecule has 0 radical (unpaired) electrons. The minimum absolute atomic E-state index is 0.212. The molecule has 2 rings (SSSR count). The van der Waals surface area contributed by atoms with E-state index in [1.807, 2.05) is 6.92 Å². The average molecular weight is 247 g/mol. The Balaban J connectivity index is 2.05. The van der Waals surface area contributed by atoms with Gasteiger partial charge in [-0.15, -0.1) is 0 Å². The molecule has 0 spiro atoms. The van der Waals surface area contributed by atoms with Crippen LogP contribution in [0.5, 0.6) is 0 Å². The largest absolute Gasteiger partial charge is 0.481 e. The highest BCUT2D eigenvalue weighted by Crippen LogP contribution is 2.25. The van der Waals surface area contributed by atoms with Crippen molar-refractivity contribution >= 4 is 5.97 Å². The predicted molar refractivity (Wildman–Crippen MR) is 71.5 cm³/mol. The van der Waals surface area contributed by atoms with Crippen LogP contribution in [0, 0.1) is 25.7 Å². The zero-order valence-corrected chi connectivity index (χ0v) is 11.3. The third-order valence-electron chi connectivity index (χ3n) is 3.69. The predicted octanol–water partition coefficient (Wildman–Crippen LogP) is 2.46. The monoisotopic (exact) mass is 247 g/mol. The van der Waals surface area contributed by atoms with Gasteiger partial charge < -0.3 is 5.11 Å². The maximum absolute atomic E-state index is 11.1. The lowest BCUT2D eigenvalue weighted by molar-refractivity contribution is -0.142. The van der Waals surface area contributed by atoms with Gasteiger partial charge in [-0.1, -0.05) is 36.2 Å². The summed E-state index contributed by atoms with van der Waals surface area (Å²) in [4.78, 5) is 13.3. The third-order valence-corrected chi connectivity index (χ3v) is 3.69. The van der Waals surface area contributed by atoms with Gasteiger partial charge in [-0.05, 0) is 25.3 Å². The van der Waals surface area contributed by atoms with Crippen molar-refractivity contribution in [3.8, 4) is 0 Å². The number of likely N-dealkylation sites (tertiary alicyclic amines) is 1. The van der Waals surface area contributed by atoms with Gasteiger partial charge in [0, 0.05) is 19.6 Å². The summed E-state index contributed by atoms with van der Waals surface area (Å²) in [5, 5.41) is 9.13. The van der Waals surface area contributed by atoms with Crippen molar-refractivity contribution < 1.29 is 9.90 Å². The molecule has 0 aromatic heterocycles. The van der Waals surface area contributed by atoms with Gasteiger partial charge in [0.1, 0.15) is 0 Å². The molecule has 1 aliphatic heterocycles. The molecule has 2 unspecified atom stereocenters. The van der Waals surface area contributed by atoms with Gasteiger partial charge in [0.25, 0.3) is 0 Å². The lowest BCUT2D eigenvalue weighted by Gasteiger charge is -2.16. The SMILES string of the molecule is Cc1cc(C)cc(CN2CC(C)C(C(=O)O)C2)c1. The van der Waals surface area contributed by atoms with Crippen molar-refractivity contribution in [1.82, 2.24) is 4.90 Å². The highest BCUT2D eigenvalue weighted by atomic mass is 16.4. The number of nitrogens with zero attached hydrogens (tertiary/aromatic N) is 1. The smallest absolute Gasteiger partial charge is 0.308 e. The first kappa shape index (κ1) is 13.1. The zero-order valence-electron chi connectivity index (χ0n) is 11.3. The minimum Gasteiger partial charge on any atom is -0.481 e. The fraction of sp³-hybridized carbons (Fsp3) is 0.533. The lowest BCUT2D eigenvalue weighted by Crippen LogP contribution is -2.23. The summed E-state index contributed by atoms with van der Waals surface area (Å²) in [5.74, 6) is -0.630. The Bertz CT molecular complexity index is 436. The number of hydrogen-bond acceptors (Lipinski definition) is 2. The molecule has 1 aromatic rings. The van der Waals surface area contributed by atoms with E-state index in [1.54, 1.807) is 0 Å². The van der Waals surface area contributed by atoms with E-state index in [1.165, 1.54) is 16.7 Å². The normalized spacial score (nSPS) is 24.4. The van der Waals surface area contributed by atoms with E-state index in [0.717, 1.165) is 13.1 Å². The summed E-state index contributed by atoms with van der Waals surface area (Å²) in [5.41, 5.74) is 3.82. The molecule has 3 heteroatoms. The number of rotatable bonds is 3. The van der Waals surface area contributed by atoms with Crippen molar-refractivity contribution in [1.29, 1.82) is 0 Å². The molecular weight excluding hydrogens is 226 g/mol. The fourth-order valence-corrected chi connectivity index (χ4v) is 2.94. The van der Waals surface area contributed by atoms with Crippen LogP contribution in [0.25, 0.3) is 0 Å². The first-order chi connectivity index (χ1) is 8.45. The van der Waals surface area contributed by atoms with E-state index in [0.29, 0.717) is 6.54 Å². The molecular formula is C15H21NO2. The topological polar surface area (TPSA) is 40.5 Å². The van der Waals surface area contributed by atoms with E-state index in [9.17, 15) is 4.79 Å². The molecule has 0 aliphatic carbocycles. The number of carbonyl (C=O) groups is 1. The van der Waals surface area contributed by atoms with Crippen LogP contribution < -0.4 is 0 Å². The first-order valence-electron chi connectivity index (χ1n) is 6.48. The van der Waals surface area contributed by atoms with Crippen molar-refractivity contribution in [3.05, 3.63) is 34.9 Å².